The number of fused-ring (bicyclic) bond motifs is 3. The van der Waals surface area contributed by atoms with Crippen molar-refractivity contribution in [1.82, 2.24) is 15.3 Å². The molecule has 2 saturated heterocycles. The van der Waals surface area contributed by atoms with Crippen LogP contribution in [0.15, 0.2) is 12.4 Å². The lowest BCUT2D eigenvalue weighted by Crippen LogP contribution is -2.48. The van der Waals surface area contributed by atoms with Gasteiger partial charge < -0.3 is 10.2 Å². The molecule has 0 aromatic carbocycles. The molecule has 21 heavy (non-hydrogen) atoms. The Labute approximate surface area is 129 Å². The molecule has 2 aliphatic heterocycles. The highest BCUT2D eigenvalue weighted by Crippen LogP contribution is 2.35. The van der Waals surface area contributed by atoms with Crippen molar-refractivity contribution in [3.05, 3.63) is 17.3 Å². The lowest BCUT2D eigenvalue weighted by Gasteiger charge is -2.38. The minimum Gasteiger partial charge on any atom is -0.353 e. The monoisotopic (exact) mass is 302 g/mol. The first-order chi connectivity index (χ1) is 10.2. The molecule has 5 heteroatoms. The van der Waals surface area contributed by atoms with Gasteiger partial charge in [-0.05, 0) is 45.6 Å². The van der Waals surface area contributed by atoms with Gasteiger partial charge in [0.15, 0.2) is 0 Å². The summed E-state index contributed by atoms with van der Waals surface area (Å²) in [6, 6.07) is 4.29. The van der Waals surface area contributed by atoms with Gasteiger partial charge >= 0.3 is 0 Å². The second-order valence-corrected chi connectivity index (χ2v) is 7.56. The molecule has 2 aromatic heterocycles. The topological polar surface area (TPSA) is 41.1 Å². The Hall–Kier alpha value is -1.20. The van der Waals surface area contributed by atoms with Crippen molar-refractivity contribution < 1.29 is 0 Å². The molecule has 0 aliphatic carbocycles. The molecule has 2 aliphatic rings. The van der Waals surface area contributed by atoms with Crippen LogP contribution in [-0.2, 0) is 0 Å². The first-order valence-corrected chi connectivity index (χ1v) is 8.80. The molecule has 0 saturated carbocycles. The Morgan fingerprint density at radius 1 is 1.29 bits per heavy atom. The lowest BCUT2D eigenvalue weighted by atomic mass is 9.98. The number of piperidine rings is 1. The van der Waals surface area contributed by atoms with Crippen LogP contribution in [0.3, 0.4) is 0 Å². The Kier molecular flexibility index (Phi) is 3.34. The summed E-state index contributed by atoms with van der Waals surface area (Å²) in [7, 11) is 0. The summed E-state index contributed by atoms with van der Waals surface area (Å²) in [6.45, 7) is 5.42. The summed E-state index contributed by atoms with van der Waals surface area (Å²) in [5.74, 6) is 1.14. The van der Waals surface area contributed by atoms with Crippen LogP contribution in [0.1, 0.15) is 37.5 Å². The molecule has 0 radical (unpaired) electrons. The van der Waals surface area contributed by atoms with Crippen LogP contribution in [0.25, 0.3) is 10.2 Å². The van der Waals surface area contributed by atoms with Crippen molar-refractivity contribution >= 4 is 27.4 Å². The quantitative estimate of drug-likeness (QED) is 0.946. The minimum atomic E-state index is 0.618. The largest absolute Gasteiger partial charge is 0.353 e. The Bertz CT molecular complexity index is 641. The Morgan fingerprint density at radius 2 is 2.05 bits per heavy atom. The fourth-order valence-electron chi connectivity index (χ4n) is 4.06. The lowest BCUT2D eigenvalue weighted by molar-refractivity contribution is 0.348. The maximum atomic E-state index is 4.64. The van der Waals surface area contributed by atoms with Crippen LogP contribution in [0, 0.1) is 6.92 Å². The first kappa shape index (κ1) is 13.5. The zero-order valence-electron chi connectivity index (χ0n) is 12.7. The van der Waals surface area contributed by atoms with Gasteiger partial charge in [0.25, 0.3) is 0 Å². The van der Waals surface area contributed by atoms with Gasteiger partial charge in [0.05, 0.1) is 5.39 Å². The van der Waals surface area contributed by atoms with Crippen LogP contribution in [0.4, 0.5) is 5.82 Å². The average molecular weight is 302 g/mol. The summed E-state index contributed by atoms with van der Waals surface area (Å²) in [5, 5.41) is 4.96. The maximum Gasteiger partial charge on any atom is 0.141 e. The van der Waals surface area contributed by atoms with Crippen molar-refractivity contribution in [3.63, 3.8) is 0 Å². The number of aromatic nitrogens is 2. The fraction of sp³-hybridized carbons (Fsp3) is 0.625. The number of nitrogens with zero attached hydrogens (tertiary/aromatic N) is 3. The van der Waals surface area contributed by atoms with Gasteiger partial charge in [0.2, 0.25) is 0 Å². The number of hydrogen-bond donors (Lipinski definition) is 1. The highest BCUT2D eigenvalue weighted by molar-refractivity contribution is 7.18. The predicted octanol–water partition coefficient (Wildman–Crippen LogP) is 3.11. The van der Waals surface area contributed by atoms with Gasteiger partial charge in [0, 0.05) is 29.5 Å². The molecular formula is C16H22N4S. The van der Waals surface area contributed by atoms with Crippen LogP contribution in [0.2, 0.25) is 0 Å². The zero-order valence-corrected chi connectivity index (χ0v) is 13.5. The van der Waals surface area contributed by atoms with Gasteiger partial charge in [0.1, 0.15) is 17.0 Å². The van der Waals surface area contributed by atoms with Crippen LogP contribution >= 0.6 is 11.3 Å². The van der Waals surface area contributed by atoms with E-state index >= 15 is 0 Å². The summed E-state index contributed by atoms with van der Waals surface area (Å²) in [4.78, 5) is 14.0. The highest BCUT2D eigenvalue weighted by atomic mass is 32.1. The second-order valence-electron chi connectivity index (χ2n) is 6.32. The van der Waals surface area contributed by atoms with E-state index < -0.39 is 0 Å². The normalized spacial score (nSPS) is 28.2. The van der Waals surface area contributed by atoms with Crippen molar-refractivity contribution in [1.29, 1.82) is 0 Å². The van der Waals surface area contributed by atoms with Crippen LogP contribution in [0.5, 0.6) is 0 Å². The van der Waals surface area contributed by atoms with E-state index in [0.29, 0.717) is 18.1 Å². The maximum absolute atomic E-state index is 4.64. The van der Waals surface area contributed by atoms with Crippen molar-refractivity contribution in [2.24, 2.45) is 0 Å². The molecule has 0 spiro atoms. The van der Waals surface area contributed by atoms with Crippen LogP contribution < -0.4 is 10.2 Å². The molecule has 2 fully saturated rings. The molecule has 4 rings (SSSR count). The number of anilines is 1. The molecule has 2 atom stereocenters. The SMILES string of the molecule is CCN(c1ncnc2sc(C)cc12)C1CC2CCC(C1)N2. The molecule has 4 heterocycles. The van der Waals surface area contributed by atoms with E-state index in [1.165, 1.54) is 35.9 Å². The van der Waals surface area contributed by atoms with E-state index in [1.807, 2.05) is 0 Å². The van der Waals surface area contributed by atoms with Gasteiger partial charge in [-0.15, -0.1) is 11.3 Å². The molecular weight excluding hydrogens is 280 g/mol. The summed E-state index contributed by atoms with van der Waals surface area (Å²) < 4.78 is 0. The van der Waals surface area contributed by atoms with E-state index in [-0.39, 0.29) is 0 Å². The number of rotatable bonds is 3. The fourth-order valence-corrected chi connectivity index (χ4v) is 4.90. The number of aryl methyl sites for hydroxylation is 1. The third-order valence-corrected chi connectivity index (χ3v) is 5.89. The second kappa shape index (κ2) is 5.21. The predicted molar refractivity (Wildman–Crippen MR) is 88.1 cm³/mol. The Morgan fingerprint density at radius 3 is 2.76 bits per heavy atom. The van der Waals surface area contributed by atoms with Gasteiger partial charge in [-0.1, -0.05) is 0 Å². The molecule has 2 bridgehead atoms. The summed E-state index contributed by atoms with van der Waals surface area (Å²) >= 11 is 1.76. The molecule has 0 amide bonds. The third-order valence-electron chi connectivity index (χ3n) is 4.93. The van der Waals surface area contributed by atoms with Crippen molar-refractivity contribution in [3.8, 4) is 0 Å². The average Bonchev–Trinajstić information content (AvgIpc) is 3.02. The van der Waals surface area contributed by atoms with Crippen molar-refractivity contribution in [2.45, 2.75) is 57.7 Å². The zero-order chi connectivity index (χ0) is 14.4. The van der Waals surface area contributed by atoms with E-state index in [9.17, 15) is 0 Å². The first-order valence-electron chi connectivity index (χ1n) is 7.98. The van der Waals surface area contributed by atoms with Gasteiger partial charge in [-0.25, -0.2) is 9.97 Å². The summed E-state index contributed by atoms with van der Waals surface area (Å²) in [5.41, 5.74) is 0. The van der Waals surface area contributed by atoms with E-state index in [2.05, 4.69) is 40.1 Å². The standard InChI is InChI=1S/C16H22N4S/c1-3-20(13-7-11-4-5-12(8-13)19-11)15-14-6-10(2)21-16(14)18-9-17-15/h6,9,11-13,19H,3-5,7-8H2,1-2H3. The number of nitrogens with one attached hydrogen (secondary N) is 1. The smallest absolute Gasteiger partial charge is 0.141 e. The van der Waals surface area contributed by atoms with Crippen LogP contribution in [-0.4, -0.2) is 34.6 Å². The Balaban J connectivity index is 1.71. The minimum absolute atomic E-state index is 0.618. The van der Waals surface area contributed by atoms with E-state index in [4.69, 9.17) is 0 Å². The molecule has 4 nitrogen and oxygen atoms in total. The number of thiophene rings is 1. The van der Waals surface area contributed by atoms with Gasteiger partial charge in [-0.3, -0.25) is 0 Å². The number of hydrogen-bond acceptors (Lipinski definition) is 5. The van der Waals surface area contributed by atoms with Crippen molar-refractivity contribution in [2.75, 3.05) is 11.4 Å². The highest BCUT2D eigenvalue weighted by Gasteiger charge is 2.36. The molecule has 2 unspecified atom stereocenters. The van der Waals surface area contributed by atoms with E-state index in [1.54, 1.807) is 17.7 Å². The third kappa shape index (κ3) is 2.32. The molecule has 2 aromatic rings. The molecule has 112 valence electrons. The van der Waals surface area contributed by atoms with E-state index in [0.717, 1.165) is 17.2 Å². The molecule has 1 N–H and O–H groups in total. The summed E-state index contributed by atoms with van der Waals surface area (Å²) in [6.07, 6.45) is 6.91. The van der Waals surface area contributed by atoms with Gasteiger partial charge in [-0.2, -0.15) is 0 Å².